The van der Waals surface area contributed by atoms with E-state index in [1.54, 1.807) is 4.90 Å². The Balaban J connectivity index is 2.24. The summed E-state index contributed by atoms with van der Waals surface area (Å²) in [6.45, 7) is 2.74. The number of nitrogen functional groups attached to an aromatic ring is 1. The summed E-state index contributed by atoms with van der Waals surface area (Å²) >= 11 is 1.84. The van der Waals surface area contributed by atoms with Crippen molar-refractivity contribution >= 4 is 23.4 Å². The minimum atomic E-state index is -0.415. The number of benzene rings is 1. The molecule has 0 radical (unpaired) electrons. The normalized spacial score (nSPS) is 20.4. The van der Waals surface area contributed by atoms with Gasteiger partial charge in [-0.2, -0.15) is 11.8 Å². The van der Waals surface area contributed by atoms with Crippen LogP contribution in [0.1, 0.15) is 17.3 Å². The maximum atomic E-state index is 12.9. The van der Waals surface area contributed by atoms with Crippen LogP contribution in [0.4, 0.5) is 10.1 Å². The molecule has 1 aromatic rings. The fourth-order valence-corrected chi connectivity index (χ4v) is 2.93. The van der Waals surface area contributed by atoms with Gasteiger partial charge in [0, 0.05) is 29.8 Å². The maximum absolute atomic E-state index is 12.9. The molecule has 0 saturated carbocycles. The highest BCUT2D eigenvalue weighted by molar-refractivity contribution is 7.99. The second-order valence-electron chi connectivity index (χ2n) is 4.15. The number of halogens is 1. The van der Waals surface area contributed by atoms with E-state index in [4.69, 9.17) is 5.73 Å². The molecule has 1 aromatic carbocycles. The lowest BCUT2D eigenvalue weighted by Gasteiger charge is -2.33. The Bertz CT molecular complexity index is 439. The SMILES string of the molecule is CC1CSCCN1C(=O)c1ccc(F)cc1N. The van der Waals surface area contributed by atoms with Crippen LogP contribution >= 0.6 is 11.8 Å². The molecule has 1 amide bonds. The minimum absolute atomic E-state index is 0.102. The molecule has 3 nitrogen and oxygen atoms in total. The van der Waals surface area contributed by atoms with E-state index in [-0.39, 0.29) is 17.6 Å². The van der Waals surface area contributed by atoms with Gasteiger partial charge in [0.2, 0.25) is 0 Å². The first-order chi connectivity index (χ1) is 8.09. The lowest BCUT2D eigenvalue weighted by atomic mass is 10.1. The average Bonchev–Trinajstić information content (AvgIpc) is 2.29. The van der Waals surface area contributed by atoms with E-state index in [1.807, 2.05) is 18.7 Å². The van der Waals surface area contributed by atoms with Crippen molar-refractivity contribution in [2.75, 3.05) is 23.8 Å². The molecule has 2 rings (SSSR count). The molecule has 1 aliphatic heterocycles. The van der Waals surface area contributed by atoms with Gasteiger partial charge in [-0.15, -0.1) is 0 Å². The first-order valence-corrected chi connectivity index (χ1v) is 6.69. The number of hydrogen-bond donors (Lipinski definition) is 1. The van der Waals surface area contributed by atoms with Crippen LogP contribution in [-0.2, 0) is 0 Å². The highest BCUT2D eigenvalue weighted by atomic mass is 32.2. The summed E-state index contributed by atoms with van der Waals surface area (Å²) in [5.41, 5.74) is 6.28. The molecule has 2 N–H and O–H groups in total. The number of anilines is 1. The Morgan fingerprint density at radius 1 is 1.59 bits per heavy atom. The summed E-state index contributed by atoms with van der Waals surface area (Å²) in [5, 5.41) is 0. The van der Waals surface area contributed by atoms with E-state index < -0.39 is 5.82 Å². The Labute approximate surface area is 104 Å². The summed E-state index contributed by atoms with van der Waals surface area (Å²) in [6, 6.07) is 4.12. The van der Waals surface area contributed by atoms with Crippen molar-refractivity contribution in [1.29, 1.82) is 0 Å². The first kappa shape index (κ1) is 12.2. The van der Waals surface area contributed by atoms with Gasteiger partial charge in [-0.1, -0.05) is 0 Å². The number of rotatable bonds is 1. The molecule has 1 fully saturated rings. The molecule has 1 aliphatic rings. The standard InChI is InChI=1S/C12H15FN2OS/c1-8-7-17-5-4-15(8)12(16)10-3-2-9(13)6-11(10)14/h2-3,6,8H,4-5,7,14H2,1H3. The van der Waals surface area contributed by atoms with E-state index in [2.05, 4.69) is 0 Å². The summed E-state index contributed by atoms with van der Waals surface area (Å²) in [7, 11) is 0. The third-order valence-electron chi connectivity index (χ3n) is 2.87. The predicted molar refractivity (Wildman–Crippen MR) is 68.6 cm³/mol. The molecular weight excluding hydrogens is 239 g/mol. The fourth-order valence-electron chi connectivity index (χ4n) is 1.91. The van der Waals surface area contributed by atoms with Gasteiger partial charge in [-0.25, -0.2) is 4.39 Å². The largest absolute Gasteiger partial charge is 0.398 e. The molecule has 5 heteroatoms. The van der Waals surface area contributed by atoms with Gasteiger partial charge < -0.3 is 10.6 Å². The van der Waals surface area contributed by atoms with Gasteiger partial charge in [0.05, 0.1) is 5.56 Å². The van der Waals surface area contributed by atoms with Crippen LogP contribution in [0.15, 0.2) is 18.2 Å². The number of amides is 1. The predicted octanol–water partition coefficient (Wildman–Crippen LogP) is 1.99. The van der Waals surface area contributed by atoms with Crippen molar-refractivity contribution in [3.63, 3.8) is 0 Å². The second-order valence-corrected chi connectivity index (χ2v) is 5.30. The zero-order valence-electron chi connectivity index (χ0n) is 9.65. The van der Waals surface area contributed by atoms with Gasteiger partial charge in [0.25, 0.3) is 5.91 Å². The van der Waals surface area contributed by atoms with Crippen molar-refractivity contribution in [2.24, 2.45) is 0 Å². The zero-order chi connectivity index (χ0) is 12.4. The Morgan fingerprint density at radius 2 is 2.35 bits per heavy atom. The molecule has 0 bridgehead atoms. The number of thioether (sulfide) groups is 1. The van der Waals surface area contributed by atoms with Crippen LogP contribution in [-0.4, -0.2) is 34.9 Å². The second kappa shape index (κ2) is 4.96. The smallest absolute Gasteiger partial charge is 0.256 e. The lowest BCUT2D eigenvalue weighted by molar-refractivity contribution is 0.0717. The molecule has 1 unspecified atom stereocenters. The van der Waals surface area contributed by atoms with Gasteiger partial charge >= 0.3 is 0 Å². The molecular formula is C12H15FN2OS. The quantitative estimate of drug-likeness (QED) is 0.780. The number of carbonyl (C=O) groups excluding carboxylic acids is 1. The third kappa shape index (κ3) is 2.54. The summed E-state index contributed by atoms with van der Waals surface area (Å²) in [4.78, 5) is 14.1. The van der Waals surface area contributed by atoms with Crippen LogP contribution in [0, 0.1) is 5.82 Å². The molecule has 1 atom stereocenters. The van der Waals surface area contributed by atoms with Crippen molar-refractivity contribution < 1.29 is 9.18 Å². The van der Waals surface area contributed by atoms with Crippen LogP contribution < -0.4 is 5.73 Å². The zero-order valence-corrected chi connectivity index (χ0v) is 10.5. The van der Waals surface area contributed by atoms with E-state index in [9.17, 15) is 9.18 Å². The average molecular weight is 254 g/mol. The Morgan fingerprint density at radius 3 is 3.00 bits per heavy atom. The molecule has 0 aromatic heterocycles. The van der Waals surface area contributed by atoms with Gasteiger partial charge in [0.1, 0.15) is 5.82 Å². The molecule has 0 aliphatic carbocycles. The Hall–Kier alpha value is -1.23. The maximum Gasteiger partial charge on any atom is 0.256 e. The molecule has 1 saturated heterocycles. The first-order valence-electron chi connectivity index (χ1n) is 5.53. The molecule has 0 spiro atoms. The topological polar surface area (TPSA) is 46.3 Å². The fraction of sp³-hybridized carbons (Fsp3) is 0.417. The summed E-state index contributed by atoms with van der Waals surface area (Å²) in [5.74, 6) is 1.36. The highest BCUT2D eigenvalue weighted by Gasteiger charge is 2.25. The van der Waals surface area contributed by atoms with E-state index in [1.165, 1.54) is 18.2 Å². The molecule has 92 valence electrons. The minimum Gasteiger partial charge on any atom is -0.398 e. The van der Waals surface area contributed by atoms with Gasteiger partial charge in [-0.05, 0) is 25.1 Å². The molecule has 1 heterocycles. The van der Waals surface area contributed by atoms with E-state index in [0.717, 1.165) is 18.1 Å². The number of nitrogens with zero attached hydrogens (tertiary/aromatic N) is 1. The Kier molecular flexibility index (Phi) is 3.57. The number of hydrogen-bond acceptors (Lipinski definition) is 3. The van der Waals surface area contributed by atoms with Crippen molar-refractivity contribution in [3.05, 3.63) is 29.6 Å². The summed E-state index contributed by atoms with van der Waals surface area (Å²) in [6.07, 6.45) is 0. The van der Waals surface area contributed by atoms with Crippen LogP contribution in [0.3, 0.4) is 0 Å². The van der Waals surface area contributed by atoms with E-state index >= 15 is 0 Å². The van der Waals surface area contributed by atoms with Crippen LogP contribution in [0.5, 0.6) is 0 Å². The van der Waals surface area contributed by atoms with E-state index in [0.29, 0.717) is 5.56 Å². The van der Waals surface area contributed by atoms with Crippen LogP contribution in [0.2, 0.25) is 0 Å². The highest BCUT2D eigenvalue weighted by Crippen LogP contribution is 2.21. The lowest BCUT2D eigenvalue weighted by Crippen LogP contribution is -2.44. The number of carbonyl (C=O) groups is 1. The van der Waals surface area contributed by atoms with Crippen molar-refractivity contribution in [1.82, 2.24) is 4.90 Å². The number of nitrogens with two attached hydrogens (primary N) is 1. The van der Waals surface area contributed by atoms with Crippen molar-refractivity contribution in [2.45, 2.75) is 13.0 Å². The third-order valence-corrected chi connectivity index (χ3v) is 4.06. The monoisotopic (exact) mass is 254 g/mol. The van der Waals surface area contributed by atoms with Gasteiger partial charge in [-0.3, -0.25) is 4.79 Å². The molecule has 17 heavy (non-hydrogen) atoms. The van der Waals surface area contributed by atoms with Crippen molar-refractivity contribution in [3.8, 4) is 0 Å². The summed E-state index contributed by atoms with van der Waals surface area (Å²) < 4.78 is 12.9. The van der Waals surface area contributed by atoms with Crippen LogP contribution in [0.25, 0.3) is 0 Å². The van der Waals surface area contributed by atoms with Gasteiger partial charge in [0.15, 0.2) is 0 Å².